The van der Waals surface area contributed by atoms with Crippen molar-refractivity contribution >= 4 is 23.4 Å². The molecule has 0 radical (unpaired) electrons. The number of H-pyrrole nitrogens is 1. The highest BCUT2D eigenvalue weighted by atomic mass is 16.2. The standard InChI is InChI=1S/C15H20N6O2/c1-10(2)8-12(14(22)20-13-5-7-17-21-13)19-15(23)18-11-4-3-6-16-9-11/h3-7,9-10,12H,8H2,1-2H3,(H2,18,19,23)(H2,17,20,21,22). The Morgan fingerprint density at radius 2 is 2.04 bits per heavy atom. The van der Waals surface area contributed by atoms with Crippen LogP contribution >= 0.6 is 0 Å². The van der Waals surface area contributed by atoms with Crippen LogP contribution in [0.4, 0.5) is 16.3 Å². The first kappa shape index (κ1) is 16.5. The third kappa shape index (κ3) is 5.42. The zero-order chi connectivity index (χ0) is 16.7. The van der Waals surface area contributed by atoms with Crippen LogP contribution in [-0.2, 0) is 4.79 Å². The van der Waals surface area contributed by atoms with Crippen LogP contribution in [-0.4, -0.2) is 33.2 Å². The average Bonchev–Trinajstić information content (AvgIpc) is 3.00. The van der Waals surface area contributed by atoms with Gasteiger partial charge in [0.1, 0.15) is 11.9 Å². The summed E-state index contributed by atoms with van der Waals surface area (Å²) in [6, 6.07) is 3.96. The van der Waals surface area contributed by atoms with Crippen molar-refractivity contribution in [3.8, 4) is 0 Å². The van der Waals surface area contributed by atoms with Crippen LogP contribution in [0.1, 0.15) is 20.3 Å². The second-order valence-corrected chi connectivity index (χ2v) is 5.48. The van der Waals surface area contributed by atoms with Gasteiger partial charge in [0.15, 0.2) is 0 Å². The van der Waals surface area contributed by atoms with Crippen molar-refractivity contribution in [3.05, 3.63) is 36.8 Å². The van der Waals surface area contributed by atoms with Gasteiger partial charge in [-0.15, -0.1) is 0 Å². The summed E-state index contributed by atoms with van der Waals surface area (Å²) in [5, 5.41) is 14.4. The van der Waals surface area contributed by atoms with E-state index in [0.717, 1.165) is 0 Å². The third-order valence-electron chi connectivity index (χ3n) is 3.01. The Labute approximate surface area is 134 Å². The molecule has 0 fully saturated rings. The molecule has 3 amide bonds. The van der Waals surface area contributed by atoms with Gasteiger partial charge in [0.05, 0.1) is 18.1 Å². The summed E-state index contributed by atoms with van der Waals surface area (Å²) in [7, 11) is 0. The first-order valence-electron chi connectivity index (χ1n) is 7.32. The summed E-state index contributed by atoms with van der Waals surface area (Å²) in [5.74, 6) is 0.425. The van der Waals surface area contributed by atoms with Crippen LogP contribution in [0.15, 0.2) is 36.8 Å². The Morgan fingerprint density at radius 1 is 1.22 bits per heavy atom. The van der Waals surface area contributed by atoms with E-state index in [1.165, 1.54) is 12.4 Å². The lowest BCUT2D eigenvalue weighted by atomic mass is 10.0. The summed E-state index contributed by atoms with van der Waals surface area (Å²) < 4.78 is 0. The predicted molar refractivity (Wildman–Crippen MR) is 86.9 cm³/mol. The molecule has 2 aromatic heterocycles. The lowest BCUT2D eigenvalue weighted by Crippen LogP contribution is -2.46. The largest absolute Gasteiger partial charge is 0.326 e. The van der Waals surface area contributed by atoms with E-state index in [1.807, 2.05) is 13.8 Å². The van der Waals surface area contributed by atoms with Gasteiger partial charge in [-0.3, -0.25) is 14.9 Å². The first-order valence-corrected chi connectivity index (χ1v) is 7.32. The van der Waals surface area contributed by atoms with E-state index in [-0.39, 0.29) is 11.8 Å². The number of carbonyl (C=O) groups is 2. The van der Waals surface area contributed by atoms with Gasteiger partial charge in [-0.05, 0) is 24.5 Å². The fourth-order valence-corrected chi connectivity index (χ4v) is 2.01. The van der Waals surface area contributed by atoms with Crippen molar-refractivity contribution in [1.82, 2.24) is 20.5 Å². The Balaban J connectivity index is 1.97. The minimum Gasteiger partial charge on any atom is -0.326 e. The Kier molecular flexibility index (Phi) is 5.67. The number of carbonyl (C=O) groups excluding carboxylic acids is 2. The van der Waals surface area contributed by atoms with Crippen molar-refractivity contribution in [2.24, 2.45) is 5.92 Å². The van der Waals surface area contributed by atoms with E-state index in [0.29, 0.717) is 17.9 Å². The van der Waals surface area contributed by atoms with Gasteiger partial charge in [0, 0.05) is 12.3 Å². The zero-order valence-corrected chi connectivity index (χ0v) is 13.0. The first-order chi connectivity index (χ1) is 11.0. The number of aromatic nitrogens is 3. The monoisotopic (exact) mass is 316 g/mol. The second-order valence-electron chi connectivity index (χ2n) is 5.48. The Bertz CT molecular complexity index is 627. The van der Waals surface area contributed by atoms with Gasteiger partial charge in [-0.2, -0.15) is 5.10 Å². The molecule has 0 aliphatic rings. The van der Waals surface area contributed by atoms with Gasteiger partial charge in [-0.1, -0.05) is 13.8 Å². The van der Waals surface area contributed by atoms with E-state index in [1.54, 1.807) is 24.4 Å². The van der Waals surface area contributed by atoms with Crippen molar-refractivity contribution < 1.29 is 9.59 Å². The summed E-state index contributed by atoms with van der Waals surface area (Å²) in [4.78, 5) is 28.3. The molecule has 0 saturated heterocycles. The van der Waals surface area contributed by atoms with Crippen LogP contribution in [0.5, 0.6) is 0 Å². The number of pyridine rings is 1. The van der Waals surface area contributed by atoms with E-state index < -0.39 is 12.1 Å². The Hall–Kier alpha value is -2.90. The molecule has 2 aromatic rings. The fourth-order valence-electron chi connectivity index (χ4n) is 2.01. The number of hydrogen-bond acceptors (Lipinski definition) is 4. The molecule has 4 N–H and O–H groups in total. The molecular weight excluding hydrogens is 296 g/mol. The number of rotatable bonds is 6. The molecule has 1 unspecified atom stereocenters. The van der Waals surface area contributed by atoms with Crippen LogP contribution in [0.25, 0.3) is 0 Å². The molecule has 8 nitrogen and oxygen atoms in total. The maximum absolute atomic E-state index is 12.3. The molecule has 0 saturated carbocycles. The number of nitrogens with one attached hydrogen (secondary N) is 4. The van der Waals surface area contributed by atoms with Gasteiger partial charge < -0.3 is 16.0 Å². The van der Waals surface area contributed by atoms with Gasteiger partial charge in [0.2, 0.25) is 5.91 Å². The van der Waals surface area contributed by atoms with Gasteiger partial charge in [0.25, 0.3) is 0 Å². The minimum atomic E-state index is -0.657. The van der Waals surface area contributed by atoms with Crippen LogP contribution in [0, 0.1) is 5.92 Å². The summed E-state index contributed by atoms with van der Waals surface area (Å²) >= 11 is 0. The summed E-state index contributed by atoms with van der Waals surface area (Å²) in [5.41, 5.74) is 0.558. The predicted octanol–water partition coefficient (Wildman–Crippen LogP) is 1.98. The topological polar surface area (TPSA) is 112 Å². The van der Waals surface area contributed by atoms with E-state index in [2.05, 4.69) is 31.1 Å². The Morgan fingerprint density at radius 3 is 2.65 bits per heavy atom. The fraction of sp³-hybridized carbons (Fsp3) is 0.333. The number of urea groups is 1. The maximum atomic E-state index is 12.3. The van der Waals surface area contributed by atoms with Gasteiger partial charge >= 0.3 is 6.03 Å². The van der Waals surface area contributed by atoms with E-state index >= 15 is 0 Å². The third-order valence-corrected chi connectivity index (χ3v) is 3.01. The molecule has 1 atom stereocenters. The average molecular weight is 316 g/mol. The van der Waals surface area contributed by atoms with Crippen molar-refractivity contribution in [1.29, 1.82) is 0 Å². The second kappa shape index (κ2) is 7.92. The lowest BCUT2D eigenvalue weighted by Gasteiger charge is -2.20. The molecule has 2 heterocycles. The minimum absolute atomic E-state index is 0.242. The van der Waals surface area contributed by atoms with Crippen molar-refractivity contribution in [2.45, 2.75) is 26.3 Å². The summed E-state index contributed by atoms with van der Waals surface area (Å²) in [6.45, 7) is 3.97. The normalized spacial score (nSPS) is 11.8. The maximum Gasteiger partial charge on any atom is 0.319 e. The number of anilines is 2. The van der Waals surface area contributed by atoms with Crippen molar-refractivity contribution in [2.75, 3.05) is 10.6 Å². The van der Waals surface area contributed by atoms with Crippen molar-refractivity contribution in [3.63, 3.8) is 0 Å². The van der Waals surface area contributed by atoms with Crippen LogP contribution < -0.4 is 16.0 Å². The van der Waals surface area contributed by atoms with E-state index in [4.69, 9.17) is 0 Å². The SMILES string of the molecule is CC(C)CC(NC(=O)Nc1cccnc1)C(=O)Nc1ccn[nH]1. The molecule has 8 heteroatoms. The molecule has 0 spiro atoms. The van der Waals surface area contributed by atoms with Gasteiger partial charge in [-0.25, -0.2) is 4.79 Å². The summed E-state index contributed by atoms with van der Waals surface area (Å²) in [6.07, 6.45) is 5.19. The number of nitrogens with zero attached hydrogens (tertiary/aromatic N) is 2. The molecule has 0 bridgehead atoms. The van der Waals surface area contributed by atoms with Crippen LogP contribution in [0.2, 0.25) is 0 Å². The number of aromatic amines is 1. The zero-order valence-electron chi connectivity index (χ0n) is 13.0. The molecule has 0 aliphatic heterocycles. The highest BCUT2D eigenvalue weighted by Crippen LogP contribution is 2.09. The van der Waals surface area contributed by atoms with E-state index in [9.17, 15) is 9.59 Å². The number of amides is 3. The lowest BCUT2D eigenvalue weighted by molar-refractivity contribution is -0.118. The molecule has 2 rings (SSSR count). The highest BCUT2D eigenvalue weighted by Gasteiger charge is 2.22. The highest BCUT2D eigenvalue weighted by molar-refractivity contribution is 5.98. The van der Waals surface area contributed by atoms with Crippen LogP contribution in [0.3, 0.4) is 0 Å². The molecule has 23 heavy (non-hydrogen) atoms. The number of hydrogen-bond donors (Lipinski definition) is 4. The molecule has 0 aliphatic carbocycles. The smallest absolute Gasteiger partial charge is 0.319 e. The molecular formula is C15H20N6O2. The molecule has 0 aromatic carbocycles. The quantitative estimate of drug-likeness (QED) is 0.653. The molecule has 122 valence electrons.